The van der Waals surface area contributed by atoms with E-state index in [1.54, 1.807) is 30.3 Å². The Morgan fingerprint density at radius 3 is 2.29 bits per heavy atom. The minimum Gasteiger partial charge on any atom is -0.481 e. The lowest BCUT2D eigenvalue weighted by Gasteiger charge is -2.21. The molecule has 0 aliphatic heterocycles. The number of benzene rings is 3. The van der Waals surface area contributed by atoms with Crippen LogP contribution < -0.4 is 0 Å². The second-order valence-corrected chi connectivity index (χ2v) is 7.65. The summed E-state index contributed by atoms with van der Waals surface area (Å²) >= 11 is 0. The van der Waals surface area contributed by atoms with Crippen LogP contribution in [0.2, 0.25) is 0 Å². The van der Waals surface area contributed by atoms with Crippen molar-refractivity contribution in [2.45, 2.75) is 25.7 Å². The molecule has 0 radical (unpaired) electrons. The lowest BCUT2D eigenvalue weighted by Crippen LogP contribution is -2.27. The van der Waals surface area contributed by atoms with Crippen molar-refractivity contribution < 1.29 is 37.0 Å². The lowest BCUT2D eigenvalue weighted by molar-refractivity contribution is -0.138. The van der Waals surface area contributed by atoms with Crippen LogP contribution in [-0.2, 0) is 35.3 Å². The van der Waals surface area contributed by atoms with Gasteiger partial charge in [0.15, 0.2) is 0 Å². The number of hydrogen-bond donors (Lipinski definition) is 1. The third-order valence-electron chi connectivity index (χ3n) is 5.03. The van der Waals surface area contributed by atoms with E-state index >= 15 is 0 Å². The Kier molecular flexibility index (Phi) is 7.55. The number of alkyl halides is 3. The summed E-state index contributed by atoms with van der Waals surface area (Å²) in [7, 11) is 1.36. The SMILES string of the molecule is CN(Cc1cc(C(F)(F)F)ccc1-c1cc(CC(=O)O)ccc1F)C(=O)OCc1ccccc1. The van der Waals surface area contributed by atoms with Crippen molar-refractivity contribution in [3.8, 4) is 11.1 Å². The smallest absolute Gasteiger partial charge is 0.416 e. The summed E-state index contributed by atoms with van der Waals surface area (Å²) in [6.07, 6.45) is -5.80. The number of carbonyl (C=O) groups is 2. The van der Waals surface area contributed by atoms with Gasteiger partial charge in [0.2, 0.25) is 0 Å². The van der Waals surface area contributed by atoms with Gasteiger partial charge in [-0.2, -0.15) is 13.2 Å². The summed E-state index contributed by atoms with van der Waals surface area (Å²) in [6.45, 7) is -0.319. The average molecular weight is 475 g/mol. The molecular weight excluding hydrogens is 454 g/mol. The normalized spacial score (nSPS) is 11.2. The molecule has 5 nitrogen and oxygen atoms in total. The molecule has 0 atom stereocenters. The largest absolute Gasteiger partial charge is 0.481 e. The number of rotatable bonds is 7. The van der Waals surface area contributed by atoms with Gasteiger partial charge in [-0.3, -0.25) is 4.79 Å². The van der Waals surface area contributed by atoms with E-state index in [4.69, 9.17) is 9.84 Å². The van der Waals surface area contributed by atoms with Crippen LogP contribution in [0, 0.1) is 5.82 Å². The molecule has 0 saturated carbocycles. The van der Waals surface area contributed by atoms with Crippen LogP contribution in [0.3, 0.4) is 0 Å². The van der Waals surface area contributed by atoms with E-state index in [1.807, 2.05) is 0 Å². The Morgan fingerprint density at radius 2 is 1.65 bits per heavy atom. The molecule has 0 heterocycles. The molecule has 3 aromatic carbocycles. The minimum atomic E-state index is -4.65. The summed E-state index contributed by atoms with van der Waals surface area (Å²) in [5.41, 5.74) is 0.139. The second-order valence-electron chi connectivity index (χ2n) is 7.65. The van der Waals surface area contributed by atoms with Gasteiger partial charge in [-0.15, -0.1) is 0 Å². The first-order valence-electron chi connectivity index (χ1n) is 10.2. The van der Waals surface area contributed by atoms with Crippen molar-refractivity contribution in [3.63, 3.8) is 0 Å². The second kappa shape index (κ2) is 10.4. The Bertz CT molecular complexity index is 1180. The fourth-order valence-electron chi connectivity index (χ4n) is 3.38. The van der Waals surface area contributed by atoms with E-state index in [-0.39, 0.29) is 41.8 Å². The summed E-state index contributed by atoms with van der Waals surface area (Å²) in [6, 6.07) is 15.3. The molecule has 34 heavy (non-hydrogen) atoms. The van der Waals surface area contributed by atoms with Crippen molar-refractivity contribution >= 4 is 12.1 Å². The molecule has 0 fully saturated rings. The standard InChI is InChI=1S/C25H21F4NO4/c1-30(24(33)34-15-16-5-3-2-4-6-16)14-18-13-19(25(27,28)29)8-9-20(18)21-11-17(12-23(31)32)7-10-22(21)26/h2-11,13H,12,14-15H2,1H3,(H,31,32). The van der Waals surface area contributed by atoms with Gasteiger partial charge < -0.3 is 14.7 Å². The molecule has 1 amide bonds. The van der Waals surface area contributed by atoms with Crippen LogP contribution in [0.4, 0.5) is 22.4 Å². The van der Waals surface area contributed by atoms with E-state index in [2.05, 4.69) is 0 Å². The third kappa shape index (κ3) is 6.34. The highest BCUT2D eigenvalue weighted by molar-refractivity contribution is 5.74. The highest BCUT2D eigenvalue weighted by Gasteiger charge is 2.31. The highest BCUT2D eigenvalue weighted by atomic mass is 19.4. The van der Waals surface area contributed by atoms with Crippen LogP contribution in [-0.4, -0.2) is 29.1 Å². The number of hydrogen-bond acceptors (Lipinski definition) is 3. The minimum absolute atomic E-state index is 0.0225. The third-order valence-corrected chi connectivity index (χ3v) is 5.03. The molecule has 0 unspecified atom stereocenters. The zero-order valence-electron chi connectivity index (χ0n) is 18.1. The highest BCUT2D eigenvalue weighted by Crippen LogP contribution is 2.35. The van der Waals surface area contributed by atoms with Crippen LogP contribution in [0.5, 0.6) is 0 Å². The average Bonchev–Trinajstić information content (AvgIpc) is 2.78. The van der Waals surface area contributed by atoms with Crippen molar-refractivity contribution in [1.82, 2.24) is 4.90 Å². The molecule has 0 aromatic heterocycles. The molecule has 0 spiro atoms. The Balaban J connectivity index is 1.92. The van der Waals surface area contributed by atoms with Crippen LogP contribution in [0.15, 0.2) is 66.7 Å². The first-order chi connectivity index (χ1) is 16.0. The van der Waals surface area contributed by atoms with E-state index in [0.717, 1.165) is 34.7 Å². The fraction of sp³-hybridized carbons (Fsp3) is 0.200. The van der Waals surface area contributed by atoms with E-state index in [0.29, 0.717) is 0 Å². The molecule has 0 bridgehead atoms. The van der Waals surface area contributed by atoms with Crippen molar-refractivity contribution in [2.75, 3.05) is 7.05 Å². The van der Waals surface area contributed by atoms with Gasteiger partial charge in [-0.05, 0) is 46.5 Å². The number of halogens is 4. The van der Waals surface area contributed by atoms with Crippen LogP contribution in [0.1, 0.15) is 22.3 Å². The number of aliphatic carboxylic acids is 1. The van der Waals surface area contributed by atoms with Crippen molar-refractivity contribution in [3.05, 3.63) is 94.8 Å². The maximum Gasteiger partial charge on any atom is 0.416 e. The van der Waals surface area contributed by atoms with Gasteiger partial charge in [0.25, 0.3) is 0 Å². The van der Waals surface area contributed by atoms with Gasteiger partial charge in [0.1, 0.15) is 12.4 Å². The predicted octanol–water partition coefficient (Wildman–Crippen LogP) is 5.91. The van der Waals surface area contributed by atoms with Gasteiger partial charge in [0.05, 0.1) is 12.0 Å². The molecule has 178 valence electrons. The summed E-state index contributed by atoms with van der Waals surface area (Å²) in [4.78, 5) is 24.6. The maximum absolute atomic E-state index is 14.6. The number of ether oxygens (including phenoxy) is 1. The molecule has 0 aliphatic rings. The Labute approximate surface area is 193 Å². The first kappa shape index (κ1) is 24.8. The number of carboxylic acid groups (broad SMARTS) is 1. The fourth-order valence-corrected chi connectivity index (χ4v) is 3.38. The summed E-state index contributed by atoms with van der Waals surface area (Å²) in [5, 5.41) is 9.01. The Hall–Kier alpha value is -3.88. The molecule has 0 aliphatic carbocycles. The monoisotopic (exact) mass is 475 g/mol. The Morgan fingerprint density at radius 1 is 0.941 bits per heavy atom. The van der Waals surface area contributed by atoms with Gasteiger partial charge in [-0.25, -0.2) is 9.18 Å². The van der Waals surface area contributed by atoms with Crippen molar-refractivity contribution in [1.29, 1.82) is 0 Å². The molecular formula is C25H21F4NO4. The van der Waals surface area contributed by atoms with Gasteiger partial charge in [0, 0.05) is 19.2 Å². The zero-order valence-corrected chi connectivity index (χ0v) is 18.1. The summed E-state index contributed by atoms with van der Waals surface area (Å²) < 4.78 is 59.9. The van der Waals surface area contributed by atoms with E-state index in [1.165, 1.54) is 19.2 Å². The molecule has 0 saturated heterocycles. The van der Waals surface area contributed by atoms with Crippen LogP contribution >= 0.6 is 0 Å². The quantitative estimate of drug-likeness (QED) is 0.432. The molecule has 3 rings (SSSR count). The maximum atomic E-state index is 14.6. The zero-order chi connectivity index (χ0) is 24.9. The number of carboxylic acids is 1. The number of carbonyl (C=O) groups excluding carboxylic acids is 1. The number of nitrogens with zero attached hydrogens (tertiary/aromatic N) is 1. The molecule has 9 heteroatoms. The van der Waals surface area contributed by atoms with Gasteiger partial charge in [-0.1, -0.05) is 42.5 Å². The van der Waals surface area contributed by atoms with E-state index < -0.39 is 29.6 Å². The molecule has 1 N–H and O–H groups in total. The predicted molar refractivity (Wildman–Crippen MR) is 116 cm³/mol. The number of amides is 1. The topological polar surface area (TPSA) is 66.8 Å². The molecule has 3 aromatic rings. The van der Waals surface area contributed by atoms with Crippen LogP contribution in [0.25, 0.3) is 11.1 Å². The first-order valence-corrected chi connectivity index (χ1v) is 10.2. The van der Waals surface area contributed by atoms with Crippen molar-refractivity contribution in [2.24, 2.45) is 0 Å². The van der Waals surface area contributed by atoms with Gasteiger partial charge >= 0.3 is 18.2 Å². The van der Waals surface area contributed by atoms with E-state index in [9.17, 15) is 27.2 Å². The lowest BCUT2D eigenvalue weighted by atomic mass is 9.94. The summed E-state index contributed by atoms with van der Waals surface area (Å²) in [5.74, 6) is -1.87.